The van der Waals surface area contributed by atoms with E-state index in [1.807, 2.05) is 6.07 Å². The van der Waals surface area contributed by atoms with Gasteiger partial charge >= 0.3 is 11.8 Å². The number of hydrogen-bond acceptors (Lipinski definition) is 5. The van der Waals surface area contributed by atoms with Crippen LogP contribution in [0.1, 0.15) is 11.8 Å². The van der Waals surface area contributed by atoms with Crippen LogP contribution in [0, 0.1) is 0 Å². The van der Waals surface area contributed by atoms with Crippen molar-refractivity contribution in [2.24, 2.45) is 0 Å². The Kier molecular flexibility index (Phi) is 6.17. The molecule has 0 bridgehead atoms. The maximum Gasteiger partial charge on any atom is 0.309 e. The number of rotatable bonds is 6. The quantitative estimate of drug-likeness (QED) is 0.574. The lowest BCUT2D eigenvalue weighted by Gasteiger charge is -2.33. The van der Waals surface area contributed by atoms with Crippen LogP contribution in [0.3, 0.4) is 0 Å². The highest BCUT2D eigenvalue weighted by Crippen LogP contribution is 2.21. The predicted octanol–water partition coefficient (Wildman–Crippen LogP) is 0.0713. The number of nitrogens with one attached hydrogen (secondary N) is 2. The molecule has 1 fully saturated rings. The topological polar surface area (TPSA) is 83.8 Å². The molecule has 120 valence electrons. The summed E-state index contributed by atoms with van der Waals surface area (Å²) in [5.41, 5.74) is 0. The summed E-state index contributed by atoms with van der Waals surface area (Å²) in [5, 5.41) is 5.09. The average molecular weight is 307 g/mol. The number of nitrogens with zero attached hydrogens (tertiary/aromatic N) is 1. The Morgan fingerprint density at radius 3 is 2.68 bits per heavy atom. The van der Waals surface area contributed by atoms with Crippen molar-refractivity contribution in [2.75, 3.05) is 39.4 Å². The van der Waals surface area contributed by atoms with Crippen molar-refractivity contribution >= 4 is 11.8 Å². The summed E-state index contributed by atoms with van der Waals surface area (Å²) >= 11 is 0. The fourth-order valence-corrected chi connectivity index (χ4v) is 2.29. The highest BCUT2D eigenvalue weighted by atomic mass is 16.5. The Labute approximate surface area is 129 Å². The third kappa shape index (κ3) is 4.44. The smallest absolute Gasteiger partial charge is 0.309 e. The molecule has 22 heavy (non-hydrogen) atoms. The lowest BCUT2D eigenvalue weighted by Crippen LogP contribution is -2.46. The van der Waals surface area contributed by atoms with Gasteiger partial charge in [-0.2, -0.15) is 0 Å². The maximum absolute atomic E-state index is 11.8. The van der Waals surface area contributed by atoms with E-state index < -0.39 is 11.8 Å². The van der Waals surface area contributed by atoms with Gasteiger partial charge in [0.2, 0.25) is 0 Å². The van der Waals surface area contributed by atoms with Gasteiger partial charge in [-0.25, -0.2) is 0 Å². The van der Waals surface area contributed by atoms with Gasteiger partial charge in [0.15, 0.2) is 0 Å². The zero-order valence-corrected chi connectivity index (χ0v) is 12.4. The second-order valence-corrected chi connectivity index (χ2v) is 4.89. The standard InChI is InChI=1S/C15H21N3O4/c1-2-5-16-14(19)15(20)17-11-12(13-4-3-8-22-13)18-6-9-21-10-7-18/h2-4,8,12H,1,5-7,9-11H2,(H,16,19)(H,17,20). The van der Waals surface area contributed by atoms with Crippen molar-refractivity contribution in [2.45, 2.75) is 6.04 Å². The fourth-order valence-electron chi connectivity index (χ4n) is 2.29. The SMILES string of the molecule is C=CCNC(=O)C(=O)NCC(c1ccco1)N1CCOCC1. The van der Waals surface area contributed by atoms with E-state index >= 15 is 0 Å². The van der Waals surface area contributed by atoms with Crippen molar-refractivity contribution in [1.82, 2.24) is 15.5 Å². The van der Waals surface area contributed by atoms with Gasteiger partial charge in [0.05, 0.1) is 25.5 Å². The minimum absolute atomic E-state index is 0.116. The maximum atomic E-state index is 11.8. The molecule has 2 amide bonds. The van der Waals surface area contributed by atoms with Gasteiger partial charge in [-0.15, -0.1) is 6.58 Å². The van der Waals surface area contributed by atoms with E-state index in [0.29, 0.717) is 19.8 Å². The van der Waals surface area contributed by atoms with Gasteiger partial charge < -0.3 is 19.8 Å². The second-order valence-electron chi connectivity index (χ2n) is 4.89. The Bertz CT molecular complexity index is 495. The molecule has 1 atom stereocenters. The first-order chi connectivity index (χ1) is 10.7. The fraction of sp³-hybridized carbons (Fsp3) is 0.467. The van der Waals surface area contributed by atoms with Crippen molar-refractivity contribution in [1.29, 1.82) is 0 Å². The molecule has 1 aliphatic rings. The molecular weight excluding hydrogens is 286 g/mol. The number of carbonyl (C=O) groups excluding carboxylic acids is 2. The molecule has 0 aliphatic carbocycles. The van der Waals surface area contributed by atoms with E-state index in [1.54, 1.807) is 12.3 Å². The number of furan rings is 1. The van der Waals surface area contributed by atoms with Gasteiger partial charge in [-0.1, -0.05) is 6.08 Å². The lowest BCUT2D eigenvalue weighted by atomic mass is 10.1. The summed E-state index contributed by atoms with van der Waals surface area (Å²) in [5.74, 6) is -0.569. The Balaban J connectivity index is 1.93. The average Bonchev–Trinajstić information content (AvgIpc) is 3.08. The molecule has 7 heteroatoms. The number of morpholine rings is 1. The van der Waals surface area contributed by atoms with E-state index in [-0.39, 0.29) is 12.6 Å². The van der Waals surface area contributed by atoms with Crippen LogP contribution >= 0.6 is 0 Å². The van der Waals surface area contributed by atoms with E-state index in [9.17, 15) is 9.59 Å². The summed E-state index contributed by atoms with van der Waals surface area (Å²) in [6.07, 6.45) is 3.12. The summed E-state index contributed by atoms with van der Waals surface area (Å²) < 4.78 is 10.8. The molecule has 1 saturated heterocycles. The molecule has 2 N–H and O–H groups in total. The number of amides is 2. The second kappa shape index (κ2) is 8.35. The molecule has 7 nitrogen and oxygen atoms in total. The largest absolute Gasteiger partial charge is 0.468 e. The molecule has 1 aromatic heterocycles. The number of carbonyl (C=O) groups is 2. The van der Waals surface area contributed by atoms with Gasteiger partial charge in [0.1, 0.15) is 5.76 Å². The molecule has 1 aliphatic heterocycles. The Hall–Kier alpha value is -2.12. The van der Waals surface area contributed by atoms with Gasteiger partial charge in [0.25, 0.3) is 0 Å². The third-order valence-electron chi connectivity index (χ3n) is 3.43. The van der Waals surface area contributed by atoms with Crippen LogP contribution in [0.2, 0.25) is 0 Å². The van der Waals surface area contributed by atoms with Crippen molar-refractivity contribution in [3.63, 3.8) is 0 Å². The molecule has 1 aromatic rings. The van der Waals surface area contributed by atoms with Gasteiger partial charge in [-0.3, -0.25) is 14.5 Å². The van der Waals surface area contributed by atoms with Crippen LogP contribution in [0.5, 0.6) is 0 Å². The zero-order valence-electron chi connectivity index (χ0n) is 12.4. The van der Waals surface area contributed by atoms with Crippen LogP contribution < -0.4 is 10.6 Å². The normalized spacial score (nSPS) is 16.7. The molecule has 0 aromatic carbocycles. The van der Waals surface area contributed by atoms with Crippen molar-refractivity contribution in [3.05, 3.63) is 36.8 Å². The lowest BCUT2D eigenvalue weighted by molar-refractivity contribution is -0.139. The first kappa shape index (κ1) is 16.3. The highest BCUT2D eigenvalue weighted by molar-refractivity contribution is 6.35. The predicted molar refractivity (Wildman–Crippen MR) is 80.1 cm³/mol. The summed E-state index contributed by atoms with van der Waals surface area (Å²) in [6, 6.07) is 3.56. The van der Waals surface area contributed by atoms with Crippen LogP contribution in [-0.4, -0.2) is 56.1 Å². The van der Waals surface area contributed by atoms with Gasteiger partial charge in [0, 0.05) is 26.2 Å². The van der Waals surface area contributed by atoms with Gasteiger partial charge in [-0.05, 0) is 12.1 Å². The first-order valence-electron chi connectivity index (χ1n) is 7.24. The summed E-state index contributed by atoms with van der Waals surface area (Å²) in [6.45, 7) is 6.84. The van der Waals surface area contributed by atoms with E-state index in [2.05, 4.69) is 22.1 Å². The monoisotopic (exact) mass is 307 g/mol. The minimum atomic E-state index is -0.667. The molecule has 0 saturated carbocycles. The minimum Gasteiger partial charge on any atom is -0.468 e. The molecule has 0 radical (unpaired) electrons. The number of hydrogen-bond donors (Lipinski definition) is 2. The first-order valence-corrected chi connectivity index (χ1v) is 7.24. The van der Waals surface area contributed by atoms with Crippen LogP contribution in [0.4, 0.5) is 0 Å². The Morgan fingerprint density at radius 2 is 2.05 bits per heavy atom. The van der Waals surface area contributed by atoms with E-state index in [4.69, 9.17) is 9.15 Å². The summed E-state index contributed by atoms with van der Waals surface area (Å²) in [7, 11) is 0. The van der Waals surface area contributed by atoms with E-state index in [1.165, 1.54) is 6.08 Å². The van der Waals surface area contributed by atoms with Crippen LogP contribution in [-0.2, 0) is 14.3 Å². The molecule has 2 rings (SSSR count). The number of ether oxygens (including phenoxy) is 1. The Morgan fingerprint density at radius 1 is 1.32 bits per heavy atom. The molecule has 0 spiro atoms. The molecule has 2 heterocycles. The highest BCUT2D eigenvalue weighted by Gasteiger charge is 2.26. The van der Waals surface area contributed by atoms with Crippen molar-refractivity contribution in [3.8, 4) is 0 Å². The third-order valence-corrected chi connectivity index (χ3v) is 3.43. The van der Waals surface area contributed by atoms with Crippen molar-refractivity contribution < 1.29 is 18.7 Å². The molecular formula is C15H21N3O4. The van der Waals surface area contributed by atoms with E-state index in [0.717, 1.165) is 18.8 Å². The molecule has 1 unspecified atom stereocenters. The van der Waals surface area contributed by atoms with Crippen LogP contribution in [0.25, 0.3) is 0 Å². The van der Waals surface area contributed by atoms with Crippen LogP contribution in [0.15, 0.2) is 35.5 Å². The summed E-state index contributed by atoms with van der Waals surface area (Å²) in [4.78, 5) is 25.5. The zero-order chi connectivity index (χ0) is 15.8.